The van der Waals surface area contributed by atoms with Gasteiger partial charge in [0.05, 0.1) is 5.41 Å². The van der Waals surface area contributed by atoms with E-state index >= 15 is 0 Å². The number of carbonyl (C=O) groups is 1. The Labute approximate surface area is 172 Å². The maximum Gasteiger partial charge on any atom is 0.510 e. The molecule has 0 aromatic heterocycles. The van der Waals surface area contributed by atoms with Crippen molar-refractivity contribution >= 4 is 6.16 Å². The largest absolute Gasteiger partial charge is 0.510 e. The van der Waals surface area contributed by atoms with Gasteiger partial charge in [-0.1, -0.05) is 31.2 Å². The summed E-state index contributed by atoms with van der Waals surface area (Å²) in [5.41, 5.74) is -11.3. The molecule has 0 aliphatic heterocycles. The van der Waals surface area contributed by atoms with Crippen molar-refractivity contribution in [3.63, 3.8) is 0 Å². The Morgan fingerprint density at radius 2 is 1.10 bits per heavy atom. The fourth-order valence-electron chi connectivity index (χ4n) is 2.70. The highest BCUT2D eigenvalue weighted by Gasteiger charge is 2.76. The van der Waals surface area contributed by atoms with Crippen LogP contribution >= 0.6 is 0 Å². The van der Waals surface area contributed by atoms with Gasteiger partial charge in [-0.3, -0.25) is 0 Å². The molecule has 178 valence electrons. The van der Waals surface area contributed by atoms with Gasteiger partial charge in [-0.05, 0) is 39.7 Å². The Kier molecular flexibility index (Phi) is 7.01. The molecule has 0 saturated carbocycles. The van der Waals surface area contributed by atoms with E-state index in [0.29, 0.717) is 12.1 Å². The SMILES string of the molecule is CCC(C)(c1ccc(C(OC(=O)OC(C)(C)C)(C(F)(F)F)C(F)(F)F)cc1)C(F)(F)F. The molecule has 0 N–H and O–H groups in total. The fraction of sp³-hybridized carbons (Fsp3) is 0.632. The first-order valence-electron chi connectivity index (χ1n) is 8.85. The minimum atomic E-state index is -6.21. The van der Waals surface area contributed by atoms with Crippen molar-refractivity contribution in [1.82, 2.24) is 0 Å². The summed E-state index contributed by atoms with van der Waals surface area (Å²) in [4.78, 5) is 11.8. The number of rotatable bonds is 4. The number of hydrogen-bond donors (Lipinski definition) is 0. The Balaban J connectivity index is 3.66. The Hall–Kier alpha value is -2.14. The highest BCUT2D eigenvalue weighted by molar-refractivity contribution is 5.62. The zero-order chi connectivity index (χ0) is 24.7. The molecule has 3 nitrogen and oxygen atoms in total. The van der Waals surface area contributed by atoms with Crippen molar-refractivity contribution < 1.29 is 53.8 Å². The number of hydrogen-bond acceptors (Lipinski definition) is 3. The maximum atomic E-state index is 13.7. The van der Waals surface area contributed by atoms with Gasteiger partial charge in [-0.25, -0.2) is 4.79 Å². The molecule has 0 aliphatic carbocycles. The standard InChI is InChI=1S/C19H21F9O3/c1-6-15(5,17(20,21)22)11-7-9-12(10-8-11)16(18(23,24)25,19(26,27)28)31-13(29)30-14(2,3)4/h7-10H,6H2,1-5H3. The van der Waals surface area contributed by atoms with Crippen LogP contribution in [0.2, 0.25) is 0 Å². The van der Waals surface area contributed by atoms with E-state index in [1.165, 1.54) is 27.7 Å². The first kappa shape index (κ1) is 26.9. The molecule has 12 heteroatoms. The molecule has 1 atom stereocenters. The Morgan fingerprint density at radius 1 is 0.710 bits per heavy atom. The number of halogens is 9. The lowest BCUT2D eigenvalue weighted by Crippen LogP contribution is -2.57. The molecule has 0 spiro atoms. The van der Waals surface area contributed by atoms with E-state index in [0.717, 1.165) is 6.92 Å². The van der Waals surface area contributed by atoms with Crippen LogP contribution in [0, 0.1) is 0 Å². The van der Waals surface area contributed by atoms with Crippen LogP contribution < -0.4 is 0 Å². The van der Waals surface area contributed by atoms with E-state index in [1.807, 2.05) is 0 Å². The van der Waals surface area contributed by atoms with E-state index in [9.17, 15) is 44.3 Å². The first-order valence-corrected chi connectivity index (χ1v) is 8.85. The third-order valence-corrected chi connectivity index (χ3v) is 4.69. The van der Waals surface area contributed by atoms with Gasteiger partial charge in [0.1, 0.15) is 5.60 Å². The highest BCUT2D eigenvalue weighted by Crippen LogP contribution is 2.54. The van der Waals surface area contributed by atoms with Crippen LogP contribution in [-0.2, 0) is 20.5 Å². The van der Waals surface area contributed by atoms with Gasteiger partial charge in [0.25, 0.3) is 0 Å². The Morgan fingerprint density at radius 3 is 1.39 bits per heavy atom. The summed E-state index contributed by atoms with van der Waals surface area (Å²) in [6.07, 6.45) is -20.0. The second-order valence-corrected chi connectivity index (χ2v) is 8.00. The summed E-state index contributed by atoms with van der Waals surface area (Å²) in [6.45, 7) is 5.50. The van der Waals surface area contributed by atoms with Gasteiger partial charge < -0.3 is 9.47 Å². The zero-order valence-corrected chi connectivity index (χ0v) is 17.1. The highest BCUT2D eigenvalue weighted by atomic mass is 19.4. The van der Waals surface area contributed by atoms with E-state index in [2.05, 4.69) is 9.47 Å². The number of alkyl halides is 9. The van der Waals surface area contributed by atoms with Gasteiger partial charge in [-0.15, -0.1) is 0 Å². The maximum absolute atomic E-state index is 13.7. The number of carbonyl (C=O) groups excluding carboxylic acids is 1. The molecular formula is C19H21F9O3. The molecule has 0 radical (unpaired) electrons. The predicted molar refractivity (Wildman–Crippen MR) is 91.2 cm³/mol. The van der Waals surface area contributed by atoms with Crippen LogP contribution in [0.3, 0.4) is 0 Å². The average molecular weight is 468 g/mol. The van der Waals surface area contributed by atoms with Crippen molar-refractivity contribution in [1.29, 1.82) is 0 Å². The molecule has 0 heterocycles. The molecular weight excluding hydrogens is 447 g/mol. The second kappa shape index (κ2) is 8.09. The minimum Gasteiger partial charge on any atom is -0.429 e. The van der Waals surface area contributed by atoms with Crippen LogP contribution in [0.1, 0.15) is 52.2 Å². The summed E-state index contributed by atoms with van der Waals surface area (Å²) in [7, 11) is 0. The van der Waals surface area contributed by atoms with Gasteiger partial charge in [0.15, 0.2) is 0 Å². The predicted octanol–water partition coefficient (Wildman–Crippen LogP) is 7.19. The molecule has 1 rings (SSSR count). The van der Waals surface area contributed by atoms with Gasteiger partial charge in [0.2, 0.25) is 0 Å². The van der Waals surface area contributed by atoms with Crippen LogP contribution in [0.15, 0.2) is 24.3 Å². The fourth-order valence-corrected chi connectivity index (χ4v) is 2.70. The molecule has 0 aliphatic rings. The van der Waals surface area contributed by atoms with E-state index in [1.54, 1.807) is 0 Å². The number of benzene rings is 1. The summed E-state index contributed by atoms with van der Waals surface area (Å²) in [5, 5.41) is 0. The van der Waals surface area contributed by atoms with E-state index in [-0.39, 0.29) is 12.1 Å². The summed E-state index contributed by atoms with van der Waals surface area (Å²) < 4.78 is 131. The smallest absolute Gasteiger partial charge is 0.429 e. The summed E-state index contributed by atoms with van der Waals surface area (Å²) >= 11 is 0. The number of ether oxygens (including phenoxy) is 2. The van der Waals surface area contributed by atoms with Crippen molar-refractivity contribution in [2.75, 3.05) is 0 Å². The van der Waals surface area contributed by atoms with Gasteiger partial charge in [0, 0.05) is 5.56 Å². The van der Waals surface area contributed by atoms with Gasteiger partial charge in [-0.2, -0.15) is 39.5 Å². The van der Waals surface area contributed by atoms with Crippen LogP contribution in [-0.4, -0.2) is 30.3 Å². The van der Waals surface area contributed by atoms with E-state index < -0.39 is 58.8 Å². The molecule has 1 unspecified atom stereocenters. The second-order valence-electron chi connectivity index (χ2n) is 8.00. The van der Waals surface area contributed by atoms with Crippen LogP contribution in [0.4, 0.5) is 44.3 Å². The van der Waals surface area contributed by atoms with Crippen molar-refractivity contribution in [3.8, 4) is 0 Å². The Bertz CT molecular complexity index is 757. The molecule has 31 heavy (non-hydrogen) atoms. The summed E-state index contributed by atoms with van der Waals surface area (Å²) in [6, 6.07) is 1.41. The third-order valence-electron chi connectivity index (χ3n) is 4.69. The third kappa shape index (κ3) is 5.20. The molecule has 0 amide bonds. The normalized spacial score (nSPS) is 15.9. The molecule has 0 bridgehead atoms. The molecule has 0 fully saturated rings. The lowest BCUT2D eigenvalue weighted by Gasteiger charge is -2.37. The van der Waals surface area contributed by atoms with E-state index in [4.69, 9.17) is 0 Å². The molecule has 1 aromatic carbocycles. The van der Waals surface area contributed by atoms with Crippen molar-refractivity contribution in [2.45, 2.75) is 76.2 Å². The van der Waals surface area contributed by atoms with Crippen molar-refractivity contribution in [3.05, 3.63) is 35.4 Å². The summed E-state index contributed by atoms with van der Waals surface area (Å²) in [5.74, 6) is 0. The van der Waals surface area contributed by atoms with Crippen LogP contribution in [0.5, 0.6) is 0 Å². The van der Waals surface area contributed by atoms with Crippen molar-refractivity contribution in [2.24, 2.45) is 0 Å². The molecule has 1 aromatic rings. The monoisotopic (exact) mass is 468 g/mol. The van der Waals surface area contributed by atoms with Crippen LogP contribution in [0.25, 0.3) is 0 Å². The first-order chi connectivity index (χ1) is 13.6. The minimum absolute atomic E-state index is 0.209. The lowest BCUT2D eigenvalue weighted by atomic mass is 9.78. The lowest BCUT2D eigenvalue weighted by molar-refractivity contribution is -0.377. The molecule has 0 saturated heterocycles. The average Bonchev–Trinajstić information content (AvgIpc) is 2.54. The van der Waals surface area contributed by atoms with Gasteiger partial charge >= 0.3 is 30.3 Å². The quantitative estimate of drug-likeness (QED) is 0.347. The topological polar surface area (TPSA) is 35.5 Å². The zero-order valence-electron chi connectivity index (χ0n) is 17.1.